The number of pyridine rings is 1. The van der Waals surface area contributed by atoms with Crippen molar-refractivity contribution in [1.29, 1.82) is 0 Å². The van der Waals surface area contributed by atoms with E-state index in [1.54, 1.807) is 19.4 Å². The molecule has 0 saturated carbocycles. The van der Waals surface area contributed by atoms with E-state index in [1.165, 1.54) is 10.1 Å². The molecule has 0 amide bonds. The minimum Gasteiger partial charge on any atom is -0.374 e. The lowest BCUT2D eigenvalue weighted by Gasteiger charge is -2.32. The molecule has 8 nitrogen and oxygen atoms in total. The fraction of sp³-hybridized carbons (Fsp3) is 0.389. The molecule has 1 aliphatic heterocycles. The SMILES string of the molecule is Cn1ccnc(NC[C@@H]2CN(Cc3cnn4ccccc34)CCO2)c1=O. The molecule has 3 aromatic rings. The van der Waals surface area contributed by atoms with Gasteiger partial charge < -0.3 is 14.6 Å². The molecule has 1 fully saturated rings. The van der Waals surface area contributed by atoms with Crippen LogP contribution < -0.4 is 10.9 Å². The minimum absolute atomic E-state index is 0.0114. The fourth-order valence-corrected chi connectivity index (χ4v) is 3.23. The molecule has 1 N–H and O–H groups in total. The van der Waals surface area contributed by atoms with Gasteiger partial charge in [0, 0.05) is 57.4 Å². The van der Waals surface area contributed by atoms with Gasteiger partial charge in [-0.05, 0) is 12.1 Å². The van der Waals surface area contributed by atoms with Gasteiger partial charge in [0.25, 0.3) is 5.56 Å². The fourth-order valence-electron chi connectivity index (χ4n) is 3.23. The number of aromatic nitrogens is 4. The second kappa shape index (κ2) is 7.27. The summed E-state index contributed by atoms with van der Waals surface area (Å²) in [5.41, 5.74) is 2.20. The molecule has 26 heavy (non-hydrogen) atoms. The summed E-state index contributed by atoms with van der Waals surface area (Å²) in [5.74, 6) is 0.360. The Hall–Kier alpha value is -2.71. The lowest BCUT2D eigenvalue weighted by molar-refractivity contribution is -0.0239. The van der Waals surface area contributed by atoms with Gasteiger partial charge in [0.2, 0.25) is 0 Å². The van der Waals surface area contributed by atoms with Crippen LogP contribution in [0.1, 0.15) is 5.56 Å². The molecule has 0 aliphatic carbocycles. The van der Waals surface area contributed by atoms with E-state index in [4.69, 9.17) is 4.74 Å². The third kappa shape index (κ3) is 3.47. The quantitative estimate of drug-likeness (QED) is 0.728. The Morgan fingerprint density at radius 1 is 1.35 bits per heavy atom. The number of hydrogen-bond donors (Lipinski definition) is 1. The zero-order chi connectivity index (χ0) is 17.9. The third-order valence-corrected chi connectivity index (χ3v) is 4.64. The first kappa shape index (κ1) is 16.7. The van der Waals surface area contributed by atoms with Gasteiger partial charge in [0.1, 0.15) is 0 Å². The van der Waals surface area contributed by atoms with Crippen molar-refractivity contribution in [3.63, 3.8) is 0 Å². The van der Waals surface area contributed by atoms with Gasteiger partial charge in [-0.2, -0.15) is 5.10 Å². The Morgan fingerprint density at radius 2 is 2.27 bits per heavy atom. The number of nitrogens with one attached hydrogen (secondary N) is 1. The predicted octanol–water partition coefficient (Wildman–Crippen LogP) is 0.741. The molecule has 136 valence electrons. The van der Waals surface area contributed by atoms with Crippen LogP contribution in [-0.2, 0) is 18.3 Å². The molecule has 4 rings (SSSR count). The van der Waals surface area contributed by atoms with Crippen LogP contribution in [0.4, 0.5) is 5.82 Å². The van der Waals surface area contributed by atoms with E-state index < -0.39 is 0 Å². The minimum atomic E-state index is -0.133. The summed E-state index contributed by atoms with van der Waals surface area (Å²) in [6.07, 6.45) is 7.15. The topological polar surface area (TPSA) is 76.7 Å². The van der Waals surface area contributed by atoms with Crippen molar-refractivity contribution in [1.82, 2.24) is 24.1 Å². The largest absolute Gasteiger partial charge is 0.374 e. The number of fused-ring (bicyclic) bond motifs is 1. The highest BCUT2D eigenvalue weighted by molar-refractivity contribution is 5.53. The number of nitrogens with zero attached hydrogens (tertiary/aromatic N) is 5. The number of anilines is 1. The summed E-state index contributed by atoms with van der Waals surface area (Å²) in [5, 5.41) is 7.52. The maximum absolute atomic E-state index is 12.0. The molecule has 1 saturated heterocycles. The molecular weight excluding hydrogens is 332 g/mol. The molecule has 0 bridgehead atoms. The van der Waals surface area contributed by atoms with E-state index in [9.17, 15) is 4.79 Å². The lowest BCUT2D eigenvalue weighted by Crippen LogP contribution is -2.45. The average molecular weight is 354 g/mol. The Morgan fingerprint density at radius 3 is 3.19 bits per heavy atom. The lowest BCUT2D eigenvalue weighted by atomic mass is 10.2. The van der Waals surface area contributed by atoms with E-state index in [2.05, 4.69) is 26.4 Å². The zero-order valence-corrected chi connectivity index (χ0v) is 14.7. The highest BCUT2D eigenvalue weighted by Crippen LogP contribution is 2.15. The van der Waals surface area contributed by atoms with Crippen LogP contribution in [0.2, 0.25) is 0 Å². The van der Waals surface area contributed by atoms with E-state index in [1.807, 2.05) is 29.0 Å². The van der Waals surface area contributed by atoms with Crippen molar-refractivity contribution in [3.8, 4) is 0 Å². The van der Waals surface area contributed by atoms with Crippen molar-refractivity contribution < 1.29 is 4.74 Å². The van der Waals surface area contributed by atoms with Crippen molar-refractivity contribution >= 4 is 11.3 Å². The average Bonchev–Trinajstić information content (AvgIpc) is 3.06. The monoisotopic (exact) mass is 354 g/mol. The number of morpholine rings is 1. The maximum Gasteiger partial charge on any atom is 0.293 e. The highest BCUT2D eigenvalue weighted by Gasteiger charge is 2.21. The smallest absolute Gasteiger partial charge is 0.293 e. The normalized spacial score (nSPS) is 18.3. The standard InChI is InChI=1S/C18H22N6O2/c1-22-7-5-19-17(18(22)25)20-11-15-13-23(8-9-26-15)12-14-10-21-24-6-3-2-4-16(14)24/h2-7,10,15H,8-9,11-13H2,1H3,(H,19,20)/t15-/m1/s1. The van der Waals surface area contributed by atoms with Crippen LogP contribution in [0.15, 0.2) is 47.8 Å². The molecule has 3 aromatic heterocycles. The molecule has 0 radical (unpaired) electrons. The number of rotatable bonds is 5. The van der Waals surface area contributed by atoms with Crippen LogP contribution in [-0.4, -0.2) is 56.4 Å². The van der Waals surface area contributed by atoms with E-state index in [0.717, 1.165) is 25.2 Å². The van der Waals surface area contributed by atoms with Gasteiger partial charge in [-0.15, -0.1) is 0 Å². The number of aryl methyl sites for hydroxylation is 1. The molecule has 0 aromatic carbocycles. The maximum atomic E-state index is 12.0. The molecular formula is C18H22N6O2. The zero-order valence-electron chi connectivity index (χ0n) is 14.7. The summed E-state index contributed by atoms with van der Waals surface area (Å²) in [6, 6.07) is 6.08. The third-order valence-electron chi connectivity index (χ3n) is 4.64. The van der Waals surface area contributed by atoms with Crippen LogP contribution in [0.25, 0.3) is 5.52 Å². The molecule has 0 spiro atoms. The van der Waals surface area contributed by atoms with Crippen LogP contribution >= 0.6 is 0 Å². The summed E-state index contributed by atoms with van der Waals surface area (Å²) in [6.45, 7) is 3.73. The first-order chi connectivity index (χ1) is 12.7. The molecule has 1 aliphatic rings. The molecule has 1 atom stereocenters. The van der Waals surface area contributed by atoms with Crippen LogP contribution in [0.3, 0.4) is 0 Å². The summed E-state index contributed by atoms with van der Waals surface area (Å²) >= 11 is 0. The second-order valence-corrected chi connectivity index (χ2v) is 6.50. The van der Waals surface area contributed by atoms with Crippen molar-refractivity contribution in [2.24, 2.45) is 7.05 Å². The first-order valence-electron chi connectivity index (χ1n) is 8.71. The van der Waals surface area contributed by atoms with E-state index in [0.29, 0.717) is 19.0 Å². The van der Waals surface area contributed by atoms with Crippen molar-refractivity contribution in [3.05, 3.63) is 58.9 Å². The predicted molar refractivity (Wildman–Crippen MR) is 98.2 cm³/mol. The van der Waals surface area contributed by atoms with Gasteiger partial charge in [-0.25, -0.2) is 9.50 Å². The van der Waals surface area contributed by atoms with Crippen LogP contribution in [0.5, 0.6) is 0 Å². The Bertz CT molecular complexity index is 950. The summed E-state index contributed by atoms with van der Waals surface area (Å²) in [7, 11) is 1.71. The first-order valence-corrected chi connectivity index (χ1v) is 8.71. The molecule has 8 heteroatoms. The molecule has 0 unspecified atom stereocenters. The van der Waals surface area contributed by atoms with Crippen molar-refractivity contribution in [2.75, 3.05) is 31.6 Å². The Balaban J connectivity index is 1.38. The summed E-state index contributed by atoms with van der Waals surface area (Å²) < 4.78 is 9.25. The van der Waals surface area contributed by atoms with Gasteiger partial charge in [-0.3, -0.25) is 9.69 Å². The summed E-state index contributed by atoms with van der Waals surface area (Å²) in [4.78, 5) is 18.5. The van der Waals surface area contributed by atoms with Gasteiger partial charge >= 0.3 is 0 Å². The highest BCUT2D eigenvalue weighted by atomic mass is 16.5. The van der Waals surface area contributed by atoms with Crippen LogP contribution in [0, 0.1) is 0 Å². The van der Waals surface area contributed by atoms with Crippen molar-refractivity contribution in [2.45, 2.75) is 12.6 Å². The second-order valence-electron chi connectivity index (χ2n) is 6.50. The number of hydrogen-bond acceptors (Lipinski definition) is 6. The Labute approximate surface area is 151 Å². The van der Waals surface area contributed by atoms with Gasteiger partial charge in [-0.1, -0.05) is 6.07 Å². The van der Waals surface area contributed by atoms with E-state index >= 15 is 0 Å². The number of ether oxygens (including phenoxy) is 1. The Kier molecular flexibility index (Phi) is 4.68. The van der Waals surface area contributed by atoms with Gasteiger partial charge in [0.15, 0.2) is 5.82 Å². The van der Waals surface area contributed by atoms with Gasteiger partial charge in [0.05, 0.1) is 24.4 Å². The van der Waals surface area contributed by atoms with E-state index in [-0.39, 0.29) is 11.7 Å². The molecule has 4 heterocycles.